The van der Waals surface area contributed by atoms with E-state index in [-0.39, 0.29) is 0 Å². The van der Waals surface area contributed by atoms with E-state index < -0.39 is 0 Å². The van der Waals surface area contributed by atoms with Crippen LogP contribution < -0.4 is 0 Å². The van der Waals surface area contributed by atoms with Crippen LogP contribution >= 0.6 is 34.7 Å². The minimum Gasteiger partial charge on any atom is -0.340 e. The number of rotatable bonds is 5. The summed E-state index contributed by atoms with van der Waals surface area (Å²) in [6.07, 6.45) is 0. The molecule has 0 aliphatic carbocycles. The summed E-state index contributed by atoms with van der Waals surface area (Å²) in [6, 6.07) is 16.8. The van der Waals surface area contributed by atoms with Crippen molar-refractivity contribution in [3.05, 3.63) is 81.2 Å². The van der Waals surface area contributed by atoms with Gasteiger partial charge in [0.25, 0.3) is 0 Å². The summed E-state index contributed by atoms with van der Waals surface area (Å²) >= 11 is 9.82. The van der Waals surface area contributed by atoms with E-state index in [0.29, 0.717) is 0 Å². The maximum atomic E-state index is 6.41. The number of nitrogens with zero attached hydrogens (tertiary/aromatic N) is 4. The fraction of sp³-hybridized carbons (Fsp3) is 0.200. The number of halogens is 1. The van der Waals surface area contributed by atoms with Gasteiger partial charge in [0.1, 0.15) is 0 Å². The monoisotopic (exact) mass is 478 g/mol. The predicted molar refractivity (Wildman–Crippen MR) is 136 cm³/mol. The molecule has 0 saturated heterocycles. The van der Waals surface area contributed by atoms with E-state index in [0.717, 1.165) is 38.7 Å². The third-order valence-electron chi connectivity index (χ3n) is 5.70. The van der Waals surface area contributed by atoms with Gasteiger partial charge in [-0.25, -0.2) is 0 Å². The van der Waals surface area contributed by atoms with Crippen LogP contribution in [0.3, 0.4) is 0 Å². The lowest BCUT2D eigenvalue weighted by molar-refractivity contribution is 0.866. The quantitative estimate of drug-likeness (QED) is 0.247. The smallest absolute Gasteiger partial charge is 0.196 e. The average molecular weight is 479 g/mol. The van der Waals surface area contributed by atoms with Crippen LogP contribution in [0.2, 0.25) is 5.02 Å². The first-order valence-electron chi connectivity index (χ1n) is 10.4. The first-order valence-corrected chi connectivity index (χ1v) is 12.6. The Kier molecular flexibility index (Phi) is 5.61. The fourth-order valence-corrected chi connectivity index (χ4v) is 6.35. The third-order valence-corrected chi connectivity index (χ3v) is 7.90. The molecular weight excluding hydrogens is 456 g/mol. The van der Waals surface area contributed by atoms with Crippen molar-refractivity contribution in [2.24, 2.45) is 7.05 Å². The fourth-order valence-electron chi connectivity index (χ4n) is 4.28. The van der Waals surface area contributed by atoms with Crippen molar-refractivity contribution in [2.45, 2.75) is 31.7 Å². The highest BCUT2D eigenvalue weighted by Gasteiger charge is 2.22. The molecule has 32 heavy (non-hydrogen) atoms. The first kappa shape index (κ1) is 21.3. The lowest BCUT2D eigenvalue weighted by Crippen LogP contribution is -2.06. The summed E-state index contributed by atoms with van der Waals surface area (Å²) in [5, 5.41) is 13.1. The molecule has 5 aromatic rings. The zero-order valence-corrected chi connectivity index (χ0v) is 20.8. The predicted octanol–water partition coefficient (Wildman–Crippen LogP) is 7.36. The molecular formula is C25H23ClN4S2. The Bertz CT molecular complexity index is 1420. The molecule has 3 heterocycles. The zero-order chi connectivity index (χ0) is 22.4. The number of thiophene rings is 1. The molecule has 4 nitrogen and oxygen atoms in total. The molecule has 0 radical (unpaired) electrons. The molecule has 162 valence electrons. The van der Waals surface area contributed by atoms with Gasteiger partial charge in [-0.2, -0.15) is 0 Å². The molecule has 0 atom stereocenters. The molecule has 0 unspecified atom stereocenters. The van der Waals surface area contributed by atoms with Gasteiger partial charge in [-0.3, -0.25) is 4.57 Å². The minimum absolute atomic E-state index is 0.726. The summed E-state index contributed by atoms with van der Waals surface area (Å²) in [6.45, 7) is 6.45. The van der Waals surface area contributed by atoms with E-state index >= 15 is 0 Å². The zero-order valence-electron chi connectivity index (χ0n) is 18.4. The molecule has 0 aliphatic heterocycles. The van der Waals surface area contributed by atoms with E-state index in [2.05, 4.69) is 82.9 Å². The number of fused-ring (bicyclic) bond motifs is 1. The van der Waals surface area contributed by atoms with Crippen LogP contribution in [0.1, 0.15) is 22.3 Å². The van der Waals surface area contributed by atoms with Crippen molar-refractivity contribution in [2.75, 3.05) is 0 Å². The second-order valence-corrected chi connectivity index (χ2v) is 10.3. The first-order chi connectivity index (χ1) is 15.4. The van der Waals surface area contributed by atoms with Gasteiger partial charge in [-0.15, -0.1) is 21.5 Å². The van der Waals surface area contributed by atoms with Gasteiger partial charge in [0.15, 0.2) is 11.0 Å². The number of hydrogen-bond donors (Lipinski definition) is 0. The van der Waals surface area contributed by atoms with E-state index in [4.69, 9.17) is 11.6 Å². The normalized spacial score (nSPS) is 11.5. The lowest BCUT2D eigenvalue weighted by atomic mass is 10.0. The van der Waals surface area contributed by atoms with Crippen LogP contribution in [-0.2, 0) is 12.8 Å². The van der Waals surface area contributed by atoms with E-state index in [1.165, 1.54) is 26.9 Å². The van der Waals surface area contributed by atoms with Gasteiger partial charge in [-0.1, -0.05) is 59.3 Å². The van der Waals surface area contributed by atoms with Crippen molar-refractivity contribution < 1.29 is 0 Å². The highest BCUT2D eigenvalue weighted by atomic mass is 35.5. The Labute approximate surface area is 200 Å². The van der Waals surface area contributed by atoms with Gasteiger partial charge < -0.3 is 4.57 Å². The highest BCUT2D eigenvalue weighted by Crippen LogP contribution is 2.36. The van der Waals surface area contributed by atoms with Crippen molar-refractivity contribution in [3.63, 3.8) is 0 Å². The van der Waals surface area contributed by atoms with E-state index in [1.54, 1.807) is 23.1 Å². The molecule has 5 rings (SSSR count). The number of aryl methyl sites for hydroxylation is 4. The standard InChI is InChI=1S/C25H23ClN4S2/c1-15-11-16(2)23(17(3)12-15)30-24(21-13-22-20(29(21)4)9-10-31-22)27-28-25(30)32-14-18-7-5-6-8-19(18)26/h5-13H,14H2,1-4H3. The molecule has 0 saturated carbocycles. The number of hydrogen-bond acceptors (Lipinski definition) is 4. The summed E-state index contributed by atoms with van der Waals surface area (Å²) in [5.74, 6) is 1.58. The van der Waals surface area contributed by atoms with Crippen LogP contribution in [0.4, 0.5) is 0 Å². The van der Waals surface area contributed by atoms with Crippen molar-refractivity contribution >= 4 is 44.9 Å². The lowest BCUT2D eigenvalue weighted by Gasteiger charge is -2.17. The second-order valence-electron chi connectivity index (χ2n) is 8.03. The molecule has 3 aromatic heterocycles. The van der Waals surface area contributed by atoms with Crippen LogP contribution in [-0.4, -0.2) is 19.3 Å². The summed E-state index contributed by atoms with van der Waals surface area (Å²) in [4.78, 5) is 0. The van der Waals surface area contributed by atoms with Crippen LogP contribution in [0.25, 0.3) is 27.4 Å². The molecule has 7 heteroatoms. The van der Waals surface area contributed by atoms with Crippen LogP contribution in [0.5, 0.6) is 0 Å². The molecule has 0 fully saturated rings. The third kappa shape index (κ3) is 3.66. The summed E-state index contributed by atoms with van der Waals surface area (Å²) < 4.78 is 5.66. The Hall–Kier alpha value is -2.54. The number of aromatic nitrogens is 4. The van der Waals surface area contributed by atoms with E-state index in [1.807, 2.05) is 18.2 Å². The summed E-state index contributed by atoms with van der Waals surface area (Å²) in [5.41, 5.74) is 8.17. The Morgan fingerprint density at radius 2 is 1.75 bits per heavy atom. The summed E-state index contributed by atoms with van der Waals surface area (Å²) in [7, 11) is 2.09. The molecule has 0 spiro atoms. The van der Waals surface area contributed by atoms with Gasteiger partial charge >= 0.3 is 0 Å². The van der Waals surface area contributed by atoms with Gasteiger partial charge in [0.05, 0.1) is 21.6 Å². The maximum absolute atomic E-state index is 6.41. The van der Waals surface area contributed by atoms with Gasteiger partial charge in [-0.05, 0) is 61.0 Å². The van der Waals surface area contributed by atoms with Gasteiger partial charge in [0.2, 0.25) is 0 Å². The number of benzene rings is 2. The SMILES string of the molecule is Cc1cc(C)c(-n2c(SCc3ccccc3Cl)nnc2-c2cc3sccc3n2C)c(C)c1. The highest BCUT2D eigenvalue weighted by molar-refractivity contribution is 7.98. The Morgan fingerprint density at radius 3 is 2.47 bits per heavy atom. The van der Waals surface area contributed by atoms with Crippen LogP contribution in [0, 0.1) is 20.8 Å². The molecule has 0 amide bonds. The van der Waals surface area contributed by atoms with Gasteiger partial charge in [0, 0.05) is 17.8 Å². The van der Waals surface area contributed by atoms with Crippen molar-refractivity contribution in [1.82, 2.24) is 19.3 Å². The number of thioether (sulfide) groups is 1. The second kappa shape index (κ2) is 8.43. The minimum atomic E-state index is 0.726. The molecule has 2 aromatic carbocycles. The molecule has 0 N–H and O–H groups in total. The average Bonchev–Trinajstić information content (AvgIpc) is 3.44. The Balaban J connectivity index is 1.67. The molecule has 0 bridgehead atoms. The van der Waals surface area contributed by atoms with Crippen molar-refractivity contribution in [3.8, 4) is 17.2 Å². The van der Waals surface area contributed by atoms with Crippen LogP contribution in [0.15, 0.2) is 59.1 Å². The Morgan fingerprint density at radius 1 is 1.00 bits per heavy atom. The maximum Gasteiger partial charge on any atom is 0.196 e. The molecule has 0 aliphatic rings. The largest absolute Gasteiger partial charge is 0.340 e. The topological polar surface area (TPSA) is 35.6 Å². The van der Waals surface area contributed by atoms with E-state index in [9.17, 15) is 0 Å². The van der Waals surface area contributed by atoms with Crippen molar-refractivity contribution in [1.29, 1.82) is 0 Å².